The molecule has 0 aromatic carbocycles. The first-order chi connectivity index (χ1) is 6.41. The van der Waals surface area contributed by atoms with Crippen molar-refractivity contribution in [3.63, 3.8) is 0 Å². The maximum absolute atomic E-state index is 3.65. The Balaban J connectivity index is 3.30. The maximum Gasteiger partial charge on any atom is -0.0169 e. The van der Waals surface area contributed by atoms with Crippen molar-refractivity contribution in [2.24, 2.45) is 0 Å². The highest BCUT2D eigenvalue weighted by Crippen LogP contribution is 1.93. The van der Waals surface area contributed by atoms with Crippen LogP contribution in [0.25, 0.3) is 0 Å². The van der Waals surface area contributed by atoms with E-state index in [-0.39, 0.29) is 0 Å². The molecule has 0 N–H and O–H groups in total. The van der Waals surface area contributed by atoms with E-state index in [1.54, 1.807) is 0 Å². The van der Waals surface area contributed by atoms with Gasteiger partial charge in [0.1, 0.15) is 0 Å². The van der Waals surface area contributed by atoms with Crippen LogP contribution in [0.15, 0.2) is 49.1 Å². The zero-order valence-corrected chi connectivity index (χ0v) is 8.58. The summed E-state index contributed by atoms with van der Waals surface area (Å²) in [5.74, 6) is 0. The molecular weight excluding hydrogens is 156 g/mol. The van der Waals surface area contributed by atoms with Gasteiger partial charge in [-0.2, -0.15) is 0 Å². The molecule has 0 amide bonds. The summed E-state index contributed by atoms with van der Waals surface area (Å²) in [6.07, 6.45) is 19.2. The molecule has 0 fully saturated rings. The summed E-state index contributed by atoms with van der Waals surface area (Å²) < 4.78 is 0. The molecule has 0 radical (unpaired) electrons. The third-order valence-corrected chi connectivity index (χ3v) is 1.58. The number of allylic oxidation sites excluding steroid dienone is 7. The van der Waals surface area contributed by atoms with E-state index in [4.69, 9.17) is 0 Å². The Morgan fingerprint density at radius 2 is 1.23 bits per heavy atom. The minimum atomic E-state index is 0.976. The highest BCUT2D eigenvalue weighted by atomic mass is 13.8. The van der Waals surface area contributed by atoms with Crippen LogP contribution in [-0.4, -0.2) is 0 Å². The van der Waals surface area contributed by atoms with Gasteiger partial charge in [-0.05, 0) is 25.7 Å². The largest absolute Gasteiger partial charge is 0.103 e. The number of hydrogen-bond acceptors (Lipinski definition) is 0. The van der Waals surface area contributed by atoms with E-state index in [1.165, 1.54) is 0 Å². The number of hydrogen-bond donors (Lipinski definition) is 0. The van der Waals surface area contributed by atoms with Crippen LogP contribution in [-0.2, 0) is 0 Å². The van der Waals surface area contributed by atoms with Gasteiger partial charge in [-0.3, -0.25) is 0 Å². The van der Waals surface area contributed by atoms with Gasteiger partial charge in [-0.25, -0.2) is 0 Å². The van der Waals surface area contributed by atoms with E-state index in [2.05, 4.69) is 50.0 Å². The minimum absolute atomic E-state index is 0.976. The zero-order valence-electron chi connectivity index (χ0n) is 8.58. The molecule has 0 aromatic heterocycles. The zero-order chi connectivity index (χ0) is 9.78. The van der Waals surface area contributed by atoms with Crippen molar-refractivity contribution in [1.82, 2.24) is 0 Å². The Kier molecular flexibility index (Phi) is 10.1. The van der Waals surface area contributed by atoms with Gasteiger partial charge in [-0.15, -0.1) is 6.58 Å². The second-order valence-corrected chi connectivity index (χ2v) is 2.82. The summed E-state index contributed by atoms with van der Waals surface area (Å²) in [6, 6.07) is 0. The fraction of sp³-hybridized carbons (Fsp3) is 0.385. The van der Waals surface area contributed by atoms with Crippen LogP contribution < -0.4 is 0 Å². The van der Waals surface area contributed by atoms with E-state index in [9.17, 15) is 0 Å². The van der Waals surface area contributed by atoms with Gasteiger partial charge in [0.05, 0.1) is 0 Å². The average molecular weight is 176 g/mol. The molecule has 0 spiro atoms. The Labute approximate surface area is 82.4 Å². The standard InChI is InChI=1S/C13H20/c1-3-5-7-9-11-13-12-10-8-6-4-2/h3,6-9,12-13H,1,4-5,10-11H2,2H3. The van der Waals surface area contributed by atoms with Crippen LogP contribution in [0.2, 0.25) is 0 Å². The third kappa shape index (κ3) is 11.0. The van der Waals surface area contributed by atoms with Gasteiger partial charge in [0, 0.05) is 0 Å². The Bertz CT molecular complexity index is 182. The van der Waals surface area contributed by atoms with E-state index in [1.807, 2.05) is 6.08 Å². The van der Waals surface area contributed by atoms with Crippen molar-refractivity contribution in [3.8, 4) is 0 Å². The van der Waals surface area contributed by atoms with Gasteiger partial charge in [0.2, 0.25) is 0 Å². The van der Waals surface area contributed by atoms with Crippen LogP contribution in [0.5, 0.6) is 0 Å². The van der Waals surface area contributed by atoms with Gasteiger partial charge in [0.25, 0.3) is 0 Å². The predicted molar refractivity (Wildman–Crippen MR) is 61.8 cm³/mol. The summed E-state index contributed by atoms with van der Waals surface area (Å²) in [5, 5.41) is 0. The SMILES string of the molecule is C=CCC=CCC=CCC=CCC. The summed E-state index contributed by atoms with van der Waals surface area (Å²) in [5.41, 5.74) is 0. The van der Waals surface area contributed by atoms with Crippen molar-refractivity contribution in [1.29, 1.82) is 0 Å². The topological polar surface area (TPSA) is 0 Å². The van der Waals surface area contributed by atoms with Crippen LogP contribution in [0.1, 0.15) is 32.6 Å². The molecule has 0 atom stereocenters. The van der Waals surface area contributed by atoms with Crippen molar-refractivity contribution < 1.29 is 0 Å². The minimum Gasteiger partial charge on any atom is -0.103 e. The van der Waals surface area contributed by atoms with Crippen LogP contribution in [0.3, 0.4) is 0 Å². The molecule has 0 aliphatic carbocycles. The molecular formula is C13H20. The van der Waals surface area contributed by atoms with Gasteiger partial charge < -0.3 is 0 Å². The molecule has 0 saturated heterocycles. The highest BCUT2D eigenvalue weighted by Gasteiger charge is 1.72. The molecule has 13 heavy (non-hydrogen) atoms. The monoisotopic (exact) mass is 176 g/mol. The predicted octanol–water partition coefficient (Wildman–Crippen LogP) is 4.42. The summed E-state index contributed by atoms with van der Waals surface area (Å²) in [4.78, 5) is 0. The quantitative estimate of drug-likeness (QED) is 0.504. The molecule has 0 nitrogen and oxygen atoms in total. The van der Waals surface area contributed by atoms with E-state index < -0.39 is 0 Å². The third-order valence-electron chi connectivity index (χ3n) is 1.58. The van der Waals surface area contributed by atoms with E-state index in [0.29, 0.717) is 0 Å². The lowest BCUT2D eigenvalue weighted by molar-refractivity contribution is 1.19. The second kappa shape index (κ2) is 11.0. The molecule has 0 aliphatic heterocycles. The Morgan fingerprint density at radius 3 is 1.69 bits per heavy atom. The fourth-order valence-electron chi connectivity index (χ4n) is 0.901. The molecule has 0 heteroatoms. The van der Waals surface area contributed by atoms with Crippen molar-refractivity contribution >= 4 is 0 Å². The summed E-state index contributed by atoms with van der Waals surface area (Å²) >= 11 is 0. The van der Waals surface area contributed by atoms with Gasteiger partial charge >= 0.3 is 0 Å². The van der Waals surface area contributed by atoms with Gasteiger partial charge in [-0.1, -0.05) is 49.5 Å². The average Bonchev–Trinajstić information content (AvgIpc) is 2.16. The van der Waals surface area contributed by atoms with Crippen LogP contribution in [0.4, 0.5) is 0 Å². The first-order valence-electron chi connectivity index (χ1n) is 4.97. The highest BCUT2D eigenvalue weighted by molar-refractivity contribution is 4.98. The first-order valence-corrected chi connectivity index (χ1v) is 4.97. The lowest BCUT2D eigenvalue weighted by Gasteiger charge is -1.83. The molecule has 0 rings (SSSR count). The molecule has 72 valence electrons. The lowest BCUT2D eigenvalue weighted by atomic mass is 10.2. The maximum atomic E-state index is 3.65. The lowest BCUT2D eigenvalue weighted by Crippen LogP contribution is -1.62. The smallest absolute Gasteiger partial charge is 0.0169 e. The Hall–Kier alpha value is -1.04. The molecule has 0 bridgehead atoms. The fourth-order valence-corrected chi connectivity index (χ4v) is 0.901. The van der Waals surface area contributed by atoms with Crippen molar-refractivity contribution in [3.05, 3.63) is 49.1 Å². The molecule has 0 unspecified atom stereocenters. The first kappa shape index (κ1) is 12.0. The van der Waals surface area contributed by atoms with Gasteiger partial charge in [0.15, 0.2) is 0 Å². The van der Waals surface area contributed by atoms with Crippen LogP contribution in [0, 0.1) is 0 Å². The molecule has 0 heterocycles. The van der Waals surface area contributed by atoms with Crippen LogP contribution >= 0.6 is 0 Å². The Morgan fingerprint density at radius 1 is 0.769 bits per heavy atom. The molecule has 0 aliphatic rings. The molecule has 0 saturated carbocycles. The normalized spacial score (nSPS) is 12.1. The second-order valence-electron chi connectivity index (χ2n) is 2.82. The number of rotatable bonds is 7. The molecule has 0 aromatic rings. The van der Waals surface area contributed by atoms with E-state index in [0.717, 1.165) is 25.7 Å². The van der Waals surface area contributed by atoms with Crippen molar-refractivity contribution in [2.45, 2.75) is 32.6 Å². The van der Waals surface area contributed by atoms with Crippen molar-refractivity contribution in [2.75, 3.05) is 0 Å². The summed E-state index contributed by atoms with van der Waals surface area (Å²) in [6.45, 7) is 5.80. The summed E-state index contributed by atoms with van der Waals surface area (Å²) in [7, 11) is 0. The van der Waals surface area contributed by atoms with E-state index >= 15 is 0 Å².